The van der Waals surface area contributed by atoms with Gasteiger partial charge in [-0.15, -0.1) is 0 Å². The van der Waals surface area contributed by atoms with Crippen LogP contribution in [0.2, 0.25) is 0 Å². The number of nitrogens with zero attached hydrogens (tertiary/aromatic N) is 2. The second kappa shape index (κ2) is 8.79. The Morgan fingerprint density at radius 1 is 0.972 bits per heavy atom. The minimum atomic E-state index is -0.601. The number of carbonyl (C=O) groups excluding carboxylic acids is 3. The molecule has 3 aromatic carbocycles. The molecule has 6 rings (SSSR count). The van der Waals surface area contributed by atoms with Crippen LogP contribution in [0.3, 0.4) is 0 Å². The number of para-hydroxylation sites is 1. The summed E-state index contributed by atoms with van der Waals surface area (Å²) in [6.07, 6.45) is 5.06. The van der Waals surface area contributed by atoms with Gasteiger partial charge in [-0.05, 0) is 47.7 Å². The molecule has 1 saturated heterocycles. The van der Waals surface area contributed by atoms with Crippen molar-refractivity contribution >= 4 is 29.5 Å². The predicted molar refractivity (Wildman–Crippen MR) is 138 cm³/mol. The lowest BCUT2D eigenvalue weighted by Gasteiger charge is -2.36. The summed E-state index contributed by atoms with van der Waals surface area (Å²) >= 11 is 0. The Balaban J connectivity index is 1.29. The van der Waals surface area contributed by atoms with Crippen molar-refractivity contribution in [2.45, 2.75) is 44.9 Å². The van der Waals surface area contributed by atoms with Crippen LogP contribution in [-0.4, -0.2) is 28.7 Å². The maximum atomic E-state index is 13.1. The first-order valence-electron chi connectivity index (χ1n) is 12.3. The van der Waals surface area contributed by atoms with Gasteiger partial charge in [0.05, 0.1) is 6.04 Å². The molecule has 0 spiro atoms. The van der Waals surface area contributed by atoms with E-state index in [0.717, 1.165) is 11.1 Å². The van der Waals surface area contributed by atoms with Crippen molar-refractivity contribution in [1.29, 1.82) is 0 Å². The molecular weight excluding hydrogens is 450 g/mol. The van der Waals surface area contributed by atoms with E-state index >= 15 is 0 Å². The van der Waals surface area contributed by atoms with Crippen LogP contribution in [0.25, 0.3) is 6.08 Å². The number of imide groups is 1. The standard InChI is InChI=1S/C30H27N3O3/c1-19-6-9-22(10-7-19)26-13-11-21-4-2-3-5-25(21)32(26)17-20-8-12-24-23(16-20)18-33(30(24)36)27-14-15-28(34)31-29(27)35/h2-13,16,26-27H,14-15,17-18H2,1H3,(H,31,34,35). The lowest BCUT2D eigenvalue weighted by molar-refractivity contribution is -0.136. The van der Waals surface area contributed by atoms with Crippen molar-refractivity contribution in [3.05, 3.63) is 106 Å². The van der Waals surface area contributed by atoms with Crippen molar-refractivity contribution in [3.8, 4) is 0 Å². The summed E-state index contributed by atoms with van der Waals surface area (Å²) in [5.74, 6) is -0.804. The molecule has 2 unspecified atom stereocenters. The van der Waals surface area contributed by atoms with Crippen LogP contribution in [0.5, 0.6) is 0 Å². The molecule has 3 aromatic rings. The molecule has 1 fully saturated rings. The smallest absolute Gasteiger partial charge is 0.255 e. The van der Waals surface area contributed by atoms with Crippen LogP contribution >= 0.6 is 0 Å². The summed E-state index contributed by atoms with van der Waals surface area (Å²) < 4.78 is 0. The van der Waals surface area contributed by atoms with Gasteiger partial charge in [-0.3, -0.25) is 19.7 Å². The van der Waals surface area contributed by atoms with E-state index < -0.39 is 6.04 Å². The van der Waals surface area contributed by atoms with E-state index in [2.05, 4.69) is 83.9 Å². The average molecular weight is 478 g/mol. The molecule has 2 atom stereocenters. The Hall–Kier alpha value is -4.19. The van der Waals surface area contributed by atoms with E-state index in [4.69, 9.17) is 0 Å². The number of aryl methyl sites for hydroxylation is 1. The number of fused-ring (bicyclic) bond motifs is 2. The topological polar surface area (TPSA) is 69.7 Å². The first kappa shape index (κ1) is 22.3. The van der Waals surface area contributed by atoms with Crippen molar-refractivity contribution in [2.24, 2.45) is 0 Å². The highest BCUT2D eigenvalue weighted by atomic mass is 16.2. The largest absolute Gasteiger partial charge is 0.356 e. The fourth-order valence-corrected chi connectivity index (χ4v) is 5.50. The number of piperidine rings is 1. The van der Waals surface area contributed by atoms with Gasteiger partial charge in [0.25, 0.3) is 5.91 Å². The van der Waals surface area contributed by atoms with E-state index in [0.29, 0.717) is 25.1 Å². The second-order valence-electron chi connectivity index (χ2n) is 9.79. The maximum Gasteiger partial charge on any atom is 0.255 e. The predicted octanol–water partition coefficient (Wildman–Crippen LogP) is 4.53. The number of anilines is 1. The fraction of sp³-hybridized carbons (Fsp3) is 0.233. The molecule has 6 nitrogen and oxygen atoms in total. The van der Waals surface area contributed by atoms with Crippen molar-refractivity contribution in [3.63, 3.8) is 0 Å². The number of nitrogens with one attached hydrogen (secondary N) is 1. The minimum Gasteiger partial charge on any atom is -0.356 e. The van der Waals surface area contributed by atoms with E-state index in [1.54, 1.807) is 4.90 Å². The van der Waals surface area contributed by atoms with Crippen LogP contribution in [-0.2, 0) is 22.7 Å². The normalized spacial score (nSPS) is 20.9. The van der Waals surface area contributed by atoms with Crippen LogP contribution in [0, 0.1) is 6.92 Å². The highest BCUT2D eigenvalue weighted by Gasteiger charge is 2.39. The zero-order valence-electron chi connectivity index (χ0n) is 20.1. The van der Waals surface area contributed by atoms with Gasteiger partial charge in [-0.25, -0.2) is 0 Å². The molecule has 3 aliphatic heterocycles. The van der Waals surface area contributed by atoms with Crippen molar-refractivity contribution in [1.82, 2.24) is 10.2 Å². The summed E-state index contributed by atoms with van der Waals surface area (Å²) in [6, 6.07) is 22.5. The molecular formula is C30H27N3O3. The summed E-state index contributed by atoms with van der Waals surface area (Å²) in [7, 11) is 0. The van der Waals surface area contributed by atoms with E-state index in [9.17, 15) is 14.4 Å². The molecule has 0 saturated carbocycles. The van der Waals surface area contributed by atoms with Gasteiger partial charge >= 0.3 is 0 Å². The Kier molecular flexibility index (Phi) is 5.44. The first-order valence-corrected chi connectivity index (χ1v) is 12.3. The molecule has 0 bridgehead atoms. The van der Waals surface area contributed by atoms with Gasteiger partial charge in [-0.2, -0.15) is 0 Å². The number of carbonyl (C=O) groups is 3. The van der Waals surface area contributed by atoms with Gasteiger partial charge in [0.2, 0.25) is 11.8 Å². The lowest BCUT2D eigenvalue weighted by atomic mass is 9.95. The maximum absolute atomic E-state index is 13.1. The molecule has 0 radical (unpaired) electrons. The molecule has 1 N–H and O–H groups in total. The number of hydrogen-bond acceptors (Lipinski definition) is 4. The molecule has 3 amide bonds. The zero-order chi connectivity index (χ0) is 24.8. The Labute approximate surface area is 210 Å². The quantitative estimate of drug-likeness (QED) is 0.561. The van der Waals surface area contributed by atoms with Gasteiger partial charge in [0.1, 0.15) is 6.04 Å². The van der Waals surface area contributed by atoms with Crippen LogP contribution in [0.4, 0.5) is 5.69 Å². The van der Waals surface area contributed by atoms with Crippen LogP contribution < -0.4 is 10.2 Å². The third-order valence-corrected chi connectivity index (χ3v) is 7.40. The van der Waals surface area contributed by atoms with E-state index in [1.165, 1.54) is 22.4 Å². The zero-order valence-corrected chi connectivity index (χ0v) is 20.1. The second-order valence-corrected chi connectivity index (χ2v) is 9.79. The highest BCUT2D eigenvalue weighted by Crippen LogP contribution is 2.38. The van der Waals surface area contributed by atoms with E-state index in [-0.39, 0.29) is 30.2 Å². The van der Waals surface area contributed by atoms with E-state index in [1.807, 2.05) is 12.1 Å². The van der Waals surface area contributed by atoms with Gasteiger partial charge in [0.15, 0.2) is 0 Å². The third kappa shape index (κ3) is 3.88. The molecule has 3 heterocycles. The fourth-order valence-electron chi connectivity index (χ4n) is 5.50. The highest BCUT2D eigenvalue weighted by molar-refractivity contribution is 6.05. The van der Waals surface area contributed by atoms with Gasteiger partial charge in [0, 0.05) is 30.8 Å². The molecule has 180 valence electrons. The summed E-state index contributed by atoms with van der Waals surface area (Å²) in [6.45, 7) is 3.16. The van der Waals surface area contributed by atoms with Gasteiger partial charge in [-0.1, -0.05) is 72.3 Å². The first-order chi connectivity index (χ1) is 17.5. The number of amides is 3. The van der Waals surface area contributed by atoms with Crippen LogP contribution in [0.1, 0.15) is 57.1 Å². The Morgan fingerprint density at radius 2 is 1.78 bits per heavy atom. The van der Waals surface area contributed by atoms with Crippen molar-refractivity contribution in [2.75, 3.05) is 4.90 Å². The third-order valence-electron chi connectivity index (χ3n) is 7.40. The molecule has 0 aromatic heterocycles. The Morgan fingerprint density at radius 3 is 2.58 bits per heavy atom. The monoisotopic (exact) mass is 477 g/mol. The molecule has 36 heavy (non-hydrogen) atoms. The molecule has 6 heteroatoms. The molecule has 0 aliphatic carbocycles. The number of benzene rings is 3. The van der Waals surface area contributed by atoms with Crippen LogP contribution in [0.15, 0.2) is 72.8 Å². The summed E-state index contributed by atoms with van der Waals surface area (Å²) in [4.78, 5) is 41.0. The average Bonchev–Trinajstić information content (AvgIpc) is 3.20. The van der Waals surface area contributed by atoms with Gasteiger partial charge < -0.3 is 9.80 Å². The number of rotatable bonds is 4. The minimum absolute atomic E-state index is 0.0929. The Bertz CT molecular complexity index is 1410. The molecule has 3 aliphatic rings. The SMILES string of the molecule is Cc1ccc(C2C=Cc3ccccc3N2Cc2ccc3c(c2)CN(C2CCC(=O)NC2=O)C3=O)cc1. The summed E-state index contributed by atoms with van der Waals surface area (Å²) in [5, 5.41) is 2.37. The van der Waals surface area contributed by atoms with Crippen molar-refractivity contribution < 1.29 is 14.4 Å². The summed E-state index contributed by atoms with van der Waals surface area (Å²) in [5.41, 5.74) is 7.48. The lowest BCUT2D eigenvalue weighted by Crippen LogP contribution is -2.52. The number of hydrogen-bond donors (Lipinski definition) is 1.